The second-order valence-corrected chi connectivity index (χ2v) is 8.13. The second kappa shape index (κ2) is 6.68. The number of hydrogen-bond acceptors (Lipinski definition) is 5. The SMILES string of the molecule is CCC(N)Oc1ccc2n[nH]c(S(=O)(=O)c3cccc4ccccc34)c2c1. The van der Waals surface area contributed by atoms with Gasteiger partial charge in [-0.3, -0.25) is 10.8 Å². The summed E-state index contributed by atoms with van der Waals surface area (Å²) in [5, 5.41) is 8.88. The Labute approximate surface area is 156 Å². The highest BCUT2D eigenvalue weighted by Gasteiger charge is 2.25. The number of benzene rings is 3. The Morgan fingerprint density at radius 1 is 1.07 bits per heavy atom. The Hall–Kier alpha value is -2.90. The van der Waals surface area contributed by atoms with Crippen LogP contribution in [0.3, 0.4) is 0 Å². The third-order valence-corrected chi connectivity index (χ3v) is 6.27. The maximum absolute atomic E-state index is 13.4. The standard InChI is InChI=1S/C20H19N3O3S/c1-2-19(21)26-14-10-11-17-16(12-14)20(23-22-17)27(24,25)18-9-5-7-13-6-3-4-8-15(13)18/h3-12,19H,2,21H2,1H3,(H,22,23). The van der Waals surface area contributed by atoms with Gasteiger partial charge in [0.15, 0.2) is 5.03 Å². The van der Waals surface area contributed by atoms with E-state index in [1.54, 1.807) is 36.4 Å². The lowest BCUT2D eigenvalue weighted by Crippen LogP contribution is -2.25. The summed E-state index contributed by atoms with van der Waals surface area (Å²) < 4.78 is 32.4. The van der Waals surface area contributed by atoms with Gasteiger partial charge in [-0.1, -0.05) is 43.3 Å². The zero-order valence-electron chi connectivity index (χ0n) is 14.7. The Kier molecular flexibility index (Phi) is 4.33. The van der Waals surface area contributed by atoms with Crippen molar-refractivity contribution in [1.82, 2.24) is 10.2 Å². The van der Waals surface area contributed by atoms with Gasteiger partial charge in [-0.05, 0) is 36.1 Å². The van der Waals surface area contributed by atoms with E-state index in [0.717, 1.165) is 5.39 Å². The van der Waals surface area contributed by atoms with Crippen LogP contribution in [0.5, 0.6) is 5.75 Å². The molecule has 0 radical (unpaired) electrons. The molecule has 0 aliphatic heterocycles. The van der Waals surface area contributed by atoms with Crippen molar-refractivity contribution in [2.45, 2.75) is 29.5 Å². The summed E-state index contributed by atoms with van der Waals surface area (Å²) in [5.41, 5.74) is 6.39. The third-order valence-electron chi connectivity index (χ3n) is 4.49. The van der Waals surface area contributed by atoms with Crippen LogP contribution in [0.4, 0.5) is 0 Å². The molecule has 4 aromatic rings. The van der Waals surface area contributed by atoms with Gasteiger partial charge in [0.2, 0.25) is 9.84 Å². The lowest BCUT2D eigenvalue weighted by Gasteiger charge is -2.12. The molecule has 3 N–H and O–H groups in total. The van der Waals surface area contributed by atoms with Gasteiger partial charge in [-0.25, -0.2) is 8.42 Å². The van der Waals surface area contributed by atoms with Gasteiger partial charge in [0.05, 0.1) is 10.4 Å². The average molecular weight is 381 g/mol. The van der Waals surface area contributed by atoms with Crippen molar-refractivity contribution in [3.63, 3.8) is 0 Å². The van der Waals surface area contributed by atoms with Crippen LogP contribution in [0.2, 0.25) is 0 Å². The molecule has 0 saturated carbocycles. The van der Waals surface area contributed by atoms with Crippen molar-refractivity contribution in [2.24, 2.45) is 5.73 Å². The zero-order chi connectivity index (χ0) is 19.0. The van der Waals surface area contributed by atoms with Crippen LogP contribution < -0.4 is 10.5 Å². The normalized spacial score (nSPS) is 13.1. The molecule has 0 aliphatic rings. The van der Waals surface area contributed by atoms with Crippen molar-refractivity contribution in [3.8, 4) is 5.75 Å². The molecule has 0 bridgehead atoms. The van der Waals surface area contributed by atoms with Crippen LogP contribution >= 0.6 is 0 Å². The van der Waals surface area contributed by atoms with Crippen LogP contribution in [0.1, 0.15) is 13.3 Å². The molecule has 0 fully saturated rings. The molecule has 0 spiro atoms. The molecule has 1 aromatic heterocycles. The summed E-state index contributed by atoms with van der Waals surface area (Å²) in [5.74, 6) is 0.507. The van der Waals surface area contributed by atoms with Crippen LogP contribution in [0.25, 0.3) is 21.7 Å². The van der Waals surface area contributed by atoms with Crippen molar-refractivity contribution in [3.05, 3.63) is 60.7 Å². The maximum Gasteiger partial charge on any atom is 0.224 e. The van der Waals surface area contributed by atoms with Gasteiger partial charge >= 0.3 is 0 Å². The number of sulfone groups is 1. The first-order valence-electron chi connectivity index (χ1n) is 8.64. The molecule has 1 heterocycles. The van der Waals surface area contributed by atoms with E-state index in [1.165, 1.54) is 0 Å². The average Bonchev–Trinajstić information content (AvgIpc) is 3.11. The molecular weight excluding hydrogens is 362 g/mol. The number of nitrogens with zero attached hydrogens (tertiary/aromatic N) is 1. The predicted molar refractivity (Wildman–Crippen MR) is 104 cm³/mol. The Morgan fingerprint density at radius 3 is 2.67 bits per heavy atom. The molecule has 4 rings (SSSR count). The minimum atomic E-state index is -3.80. The summed E-state index contributed by atoms with van der Waals surface area (Å²) >= 11 is 0. The number of fused-ring (bicyclic) bond motifs is 2. The number of ether oxygens (including phenoxy) is 1. The summed E-state index contributed by atoms with van der Waals surface area (Å²) in [6.45, 7) is 1.91. The van der Waals surface area contributed by atoms with E-state index in [9.17, 15) is 8.42 Å². The number of hydrogen-bond donors (Lipinski definition) is 2. The molecule has 6 nitrogen and oxygen atoms in total. The molecule has 7 heteroatoms. The van der Waals surface area contributed by atoms with Crippen molar-refractivity contribution >= 4 is 31.5 Å². The molecule has 1 atom stereocenters. The molecule has 27 heavy (non-hydrogen) atoms. The smallest absolute Gasteiger partial charge is 0.224 e. The number of H-pyrrole nitrogens is 1. The topological polar surface area (TPSA) is 98.1 Å². The largest absolute Gasteiger partial charge is 0.476 e. The molecule has 0 amide bonds. The molecule has 1 unspecified atom stereocenters. The zero-order valence-corrected chi connectivity index (χ0v) is 15.5. The van der Waals surface area contributed by atoms with E-state index in [4.69, 9.17) is 10.5 Å². The Bertz CT molecular complexity index is 1230. The van der Waals surface area contributed by atoms with Crippen molar-refractivity contribution in [1.29, 1.82) is 0 Å². The summed E-state index contributed by atoms with van der Waals surface area (Å²) in [6.07, 6.45) is 0.192. The van der Waals surface area contributed by atoms with E-state index in [-0.39, 0.29) is 9.92 Å². The van der Waals surface area contributed by atoms with Gasteiger partial charge in [0.25, 0.3) is 0 Å². The first kappa shape index (κ1) is 17.5. The number of aromatic amines is 1. The van der Waals surface area contributed by atoms with E-state index in [0.29, 0.717) is 28.5 Å². The molecular formula is C20H19N3O3S. The number of aromatic nitrogens is 2. The highest BCUT2D eigenvalue weighted by atomic mass is 32.2. The fraction of sp³-hybridized carbons (Fsp3) is 0.150. The summed E-state index contributed by atoms with van der Waals surface area (Å²) in [6, 6.07) is 17.7. The van der Waals surface area contributed by atoms with Gasteiger partial charge < -0.3 is 4.74 Å². The van der Waals surface area contributed by atoms with Crippen LogP contribution in [0, 0.1) is 0 Å². The van der Waals surface area contributed by atoms with Gasteiger partial charge in [-0.15, -0.1) is 0 Å². The lowest BCUT2D eigenvalue weighted by molar-refractivity contribution is 0.205. The quantitative estimate of drug-likeness (QED) is 0.515. The van der Waals surface area contributed by atoms with Crippen LogP contribution in [0.15, 0.2) is 70.6 Å². The summed E-state index contributed by atoms with van der Waals surface area (Å²) in [7, 11) is -3.80. The third kappa shape index (κ3) is 3.05. The monoisotopic (exact) mass is 381 g/mol. The maximum atomic E-state index is 13.4. The Balaban J connectivity index is 1.88. The fourth-order valence-corrected chi connectivity index (χ4v) is 4.61. The second-order valence-electron chi connectivity index (χ2n) is 6.28. The minimum absolute atomic E-state index is 0.0457. The van der Waals surface area contributed by atoms with Crippen molar-refractivity contribution < 1.29 is 13.2 Å². The minimum Gasteiger partial charge on any atom is -0.476 e. The highest BCUT2D eigenvalue weighted by Crippen LogP contribution is 2.32. The lowest BCUT2D eigenvalue weighted by atomic mass is 10.1. The van der Waals surface area contributed by atoms with E-state index >= 15 is 0 Å². The first-order chi connectivity index (χ1) is 13.0. The van der Waals surface area contributed by atoms with Gasteiger partial charge in [-0.2, -0.15) is 5.10 Å². The van der Waals surface area contributed by atoms with Gasteiger partial charge in [0.1, 0.15) is 12.0 Å². The number of nitrogens with two attached hydrogens (primary N) is 1. The fourth-order valence-electron chi connectivity index (χ4n) is 3.04. The van der Waals surface area contributed by atoms with Crippen LogP contribution in [-0.2, 0) is 9.84 Å². The number of rotatable bonds is 5. The molecule has 3 aromatic carbocycles. The number of nitrogens with one attached hydrogen (secondary N) is 1. The molecule has 0 aliphatic carbocycles. The summed E-state index contributed by atoms with van der Waals surface area (Å²) in [4.78, 5) is 0.239. The first-order valence-corrected chi connectivity index (χ1v) is 10.1. The molecule has 138 valence electrons. The van der Waals surface area contributed by atoms with E-state index in [1.807, 2.05) is 31.2 Å². The highest BCUT2D eigenvalue weighted by molar-refractivity contribution is 7.91. The van der Waals surface area contributed by atoms with E-state index < -0.39 is 16.1 Å². The van der Waals surface area contributed by atoms with Crippen molar-refractivity contribution in [2.75, 3.05) is 0 Å². The van der Waals surface area contributed by atoms with Crippen LogP contribution in [-0.4, -0.2) is 24.8 Å². The Morgan fingerprint density at radius 2 is 1.85 bits per heavy atom. The predicted octanol–water partition coefficient (Wildman–Crippen LogP) is 3.62. The molecule has 0 saturated heterocycles. The van der Waals surface area contributed by atoms with E-state index in [2.05, 4.69) is 10.2 Å². The van der Waals surface area contributed by atoms with Gasteiger partial charge in [0, 0.05) is 10.8 Å².